The second-order valence-corrected chi connectivity index (χ2v) is 5.87. The van der Waals surface area contributed by atoms with Crippen LogP contribution < -0.4 is 11.5 Å². The molecule has 4 aromatic rings. The van der Waals surface area contributed by atoms with Gasteiger partial charge in [0.15, 0.2) is 5.65 Å². The molecule has 0 aliphatic heterocycles. The molecular weight excluding hydrogens is 347 g/mol. The largest absolute Gasteiger partial charge is 0.399 e. The fraction of sp³-hybridized carbons (Fsp3) is 0.0556. The molecule has 4 N–H and O–H groups in total. The van der Waals surface area contributed by atoms with Crippen molar-refractivity contribution in [1.29, 1.82) is 5.26 Å². The van der Waals surface area contributed by atoms with Crippen LogP contribution in [-0.2, 0) is 6.54 Å². The number of nitrogens with two attached hydrogens (primary N) is 2. The van der Waals surface area contributed by atoms with Crippen molar-refractivity contribution in [3.63, 3.8) is 0 Å². The highest BCUT2D eigenvalue weighted by atomic mass is 19.1. The van der Waals surface area contributed by atoms with Crippen LogP contribution in [0.2, 0.25) is 0 Å². The molecule has 0 amide bonds. The molecular formula is C18H13FN8. The van der Waals surface area contributed by atoms with Crippen molar-refractivity contribution < 1.29 is 4.39 Å². The zero-order valence-corrected chi connectivity index (χ0v) is 14.0. The van der Waals surface area contributed by atoms with Crippen molar-refractivity contribution in [3.8, 4) is 17.5 Å². The van der Waals surface area contributed by atoms with Crippen molar-refractivity contribution in [3.05, 3.63) is 59.8 Å². The topological polar surface area (TPSA) is 132 Å². The highest BCUT2D eigenvalue weighted by molar-refractivity contribution is 5.87. The van der Waals surface area contributed by atoms with Gasteiger partial charge in [0.2, 0.25) is 5.95 Å². The fourth-order valence-electron chi connectivity index (χ4n) is 2.76. The second-order valence-electron chi connectivity index (χ2n) is 5.87. The number of benzene rings is 1. The number of anilines is 2. The summed E-state index contributed by atoms with van der Waals surface area (Å²) in [4.78, 5) is 17.1. The van der Waals surface area contributed by atoms with Crippen LogP contribution in [0.1, 0.15) is 11.1 Å². The van der Waals surface area contributed by atoms with Gasteiger partial charge >= 0.3 is 0 Å². The molecule has 1 aromatic carbocycles. The maximum Gasteiger partial charge on any atom is 0.222 e. The van der Waals surface area contributed by atoms with E-state index in [4.69, 9.17) is 16.7 Å². The molecule has 0 radical (unpaired) electrons. The highest BCUT2D eigenvalue weighted by Crippen LogP contribution is 2.25. The minimum Gasteiger partial charge on any atom is -0.399 e. The molecule has 8 nitrogen and oxygen atoms in total. The molecule has 4 rings (SSSR count). The van der Waals surface area contributed by atoms with Gasteiger partial charge in [-0.3, -0.25) is 4.98 Å². The molecule has 132 valence electrons. The first-order chi connectivity index (χ1) is 13.0. The van der Waals surface area contributed by atoms with Gasteiger partial charge in [-0.15, -0.1) is 0 Å². The molecule has 0 bridgehead atoms. The SMILES string of the molecule is N#Cc1ccnc(-c2nc(N)nc3c2ncn3Cc2ccc(N)cc2F)c1. The summed E-state index contributed by atoms with van der Waals surface area (Å²) in [5.41, 5.74) is 14.4. The third-order valence-corrected chi connectivity index (χ3v) is 4.03. The van der Waals surface area contributed by atoms with E-state index in [1.807, 2.05) is 0 Å². The first-order valence-corrected chi connectivity index (χ1v) is 7.94. The van der Waals surface area contributed by atoms with Crippen LogP contribution in [0.25, 0.3) is 22.6 Å². The minimum atomic E-state index is -0.414. The lowest BCUT2D eigenvalue weighted by Crippen LogP contribution is -2.05. The number of hydrogen-bond acceptors (Lipinski definition) is 7. The minimum absolute atomic E-state index is 0.0289. The summed E-state index contributed by atoms with van der Waals surface area (Å²) in [7, 11) is 0. The predicted molar refractivity (Wildman–Crippen MR) is 97.6 cm³/mol. The van der Waals surface area contributed by atoms with Crippen LogP contribution in [0.3, 0.4) is 0 Å². The van der Waals surface area contributed by atoms with E-state index in [1.54, 1.807) is 28.8 Å². The number of pyridine rings is 1. The van der Waals surface area contributed by atoms with Crippen LogP contribution >= 0.6 is 0 Å². The summed E-state index contributed by atoms with van der Waals surface area (Å²) < 4.78 is 15.8. The molecule has 9 heteroatoms. The van der Waals surface area contributed by atoms with Crippen LogP contribution in [0.5, 0.6) is 0 Å². The Balaban J connectivity index is 1.84. The fourth-order valence-corrected chi connectivity index (χ4v) is 2.76. The van der Waals surface area contributed by atoms with Crippen molar-refractivity contribution >= 4 is 22.8 Å². The summed E-state index contributed by atoms with van der Waals surface area (Å²) in [6, 6.07) is 9.75. The number of aromatic nitrogens is 5. The van der Waals surface area contributed by atoms with Crippen LogP contribution in [-0.4, -0.2) is 24.5 Å². The van der Waals surface area contributed by atoms with Gasteiger partial charge in [-0.2, -0.15) is 10.2 Å². The van der Waals surface area contributed by atoms with Crippen molar-refractivity contribution in [2.75, 3.05) is 11.5 Å². The number of imidazole rings is 1. The first-order valence-electron chi connectivity index (χ1n) is 7.94. The summed E-state index contributed by atoms with van der Waals surface area (Å²) in [5.74, 6) is -0.385. The summed E-state index contributed by atoms with van der Waals surface area (Å²) in [6.07, 6.45) is 3.05. The third kappa shape index (κ3) is 3.00. The Kier molecular flexibility index (Phi) is 3.86. The maximum atomic E-state index is 14.1. The smallest absolute Gasteiger partial charge is 0.222 e. The van der Waals surface area contributed by atoms with E-state index in [-0.39, 0.29) is 12.5 Å². The number of fused-ring (bicyclic) bond motifs is 1. The average molecular weight is 360 g/mol. The number of nitrogens with zero attached hydrogens (tertiary/aromatic N) is 6. The van der Waals surface area contributed by atoms with Crippen LogP contribution in [0.4, 0.5) is 16.0 Å². The molecule has 0 saturated carbocycles. The van der Waals surface area contributed by atoms with E-state index < -0.39 is 5.82 Å². The monoisotopic (exact) mass is 360 g/mol. The van der Waals surface area contributed by atoms with Crippen LogP contribution in [0.15, 0.2) is 42.9 Å². The van der Waals surface area contributed by atoms with Gasteiger partial charge in [-0.25, -0.2) is 14.4 Å². The van der Waals surface area contributed by atoms with E-state index >= 15 is 0 Å². The second kappa shape index (κ2) is 6.34. The first kappa shape index (κ1) is 16.4. The Hall–Kier alpha value is -4.06. The average Bonchev–Trinajstić information content (AvgIpc) is 3.06. The number of rotatable bonds is 3. The highest BCUT2D eigenvalue weighted by Gasteiger charge is 2.16. The standard InChI is InChI=1S/C18H13FN8/c19-13-6-12(21)2-1-11(13)8-27-9-24-16-15(25-18(22)26-17(16)27)14-5-10(7-20)3-4-23-14/h1-6,9H,8,21H2,(H2,22,25,26). The Morgan fingerprint density at radius 2 is 1.96 bits per heavy atom. The van der Waals surface area contributed by atoms with E-state index in [0.717, 1.165) is 0 Å². The summed E-state index contributed by atoms with van der Waals surface area (Å²) >= 11 is 0. The Bertz CT molecular complexity index is 1210. The van der Waals surface area contributed by atoms with Crippen molar-refractivity contribution in [2.24, 2.45) is 0 Å². The quantitative estimate of drug-likeness (QED) is 0.535. The number of halogens is 1. The van der Waals surface area contributed by atoms with Gasteiger partial charge in [0.1, 0.15) is 17.0 Å². The normalized spacial score (nSPS) is 10.8. The number of hydrogen-bond donors (Lipinski definition) is 2. The molecule has 27 heavy (non-hydrogen) atoms. The van der Waals surface area contributed by atoms with Gasteiger partial charge in [-0.1, -0.05) is 6.07 Å². The summed E-state index contributed by atoms with van der Waals surface area (Å²) in [6.45, 7) is 0.199. The predicted octanol–water partition coefficient (Wildman–Crippen LogP) is 2.11. The summed E-state index contributed by atoms with van der Waals surface area (Å²) in [5, 5.41) is 9.09. The van der Waals surface area contributed by atoms with E-state index in [2.05, 4.69) is 26.0 Å². The Labute approximate surface area is 152 Å². The zero-order valence-electron chi connectivity index (χ0n) is 14.0. The van der Waals surface area contributed by atoms with E-state index in [1.165, 1.54) is 18.6 Å². The Morgan fingerprint density at radius 3 is 2.74 bits per heavy atom. The van der Waals surface area contributed by atoms with Gasteiger partial charge < -0.3 is 16.0 Å². The lowest BCUT2D eigenvalue weighted by molar-refractivity contribution is 0.602. The molecule has 0 aliphatic carbocycles. The molecule has 0 fully saturated rings. The molecule has 3 heterocycles. The lowest BCUT2D eigenvalue weighted by atomic mass is 10.2. The molecule has 0 atom stereocenters. The van der Waals surface area contributed by atoms with E-state index in [0.29, 0.717) is 39.4 Å². The maximum absolute atomic E-state index is 14.1. The molecule has 0 unspecified atom stereocenters. The van der Waals surface area contributed by atoms with Gasteiger partial charge in [-0.05, 0) is 24.3 Å². The lowest BCUT2D eigenvalue weighted by Gasteiger charge is -2.07. The number of nitrogen functional groups attached to an aromatic ring is 2. The van der Waals surface area contributed by atoms with Gasteiger partial charge in [0.05, 0.1) is 30.2 Å². The molecule has 0 spiro atoms. The Morgan fingerprint density at radius 1 is 1.11 bits per heavy atom. The van der Waals surface area contributed by atoms with Crippen LogP contribution in [0, 0.1) is 17.1 Å². The van der Waals surface area contributed by atoms with Gasteiger partial charge in [0.25, 0.3) is 0 Å². The van der Waals surface area contributed by atoms with E-state index in [9.17, 15) is 4.39 Å². The van der Waals surface area contributed by atoms with Crippen molar-refractivity contribution in [1.82, 2.24) is 24.5 Å². The zero-order chi connectivity index (χ0) is 19.0. The molecule has 0 saturated heterocycles. The van der Waals surface area contributed by atoms with Gasteiger partial charge in [0, 0.05) is 17.4 Å². The van der Waals surface area contributed by atoms with Crippen molar-refractivity contribution in [2.45, 2.75) is 6.54 Å². The molecule has 0 aliphatic rings. The third-order valence-electron chi connectivity index (χ3n) is 4.03. The molecule has 3 aromatic heterocycles. The number of nitriles is 1.